The molecule has 1 aromatic carbocycles. The summed E-state index contributed by atoms with van der Waals surface area (Å²) in [6, 6.07) is 9.52. The highest BCUT2D eigenvalue weighted by atomic mass is 15.5. The summed E-state index contributed by atoms with van der Waals surface area (Å²) in [5.41, 5.74) is 1.65. The van der Waals surface area contributed by atoms with Crippen molar-refractivity contribution in [1.29, 1.82) is 5.26 Å². The predicted molar refractivity (Wildman–Crippen MR) is 43.1 cm³/mol. The smallest absolute Gasteiger partial charge is 0.147 e. The first-order chi connectivity index (χ1) is 5.90. The first-order valence-electron chi connectivity index (χ1n) is 3.57. The lowest BCUT2D eigenvalue weighted by Crippen LogP contribution is -1.98. The maximum absolute atomic E-state index is 8.39. The SMILES string of the molecule is N#CCn1nc2ccccc2n1. The second kappa shape index (κ2) is 2.62. The van der Waals surface area contributed by atoms with Crippen LogP contribution in [0.3, 0.4) is 0 Å². The van der Waals surface area contributed by atoms with Crippen molar-refractivity contribution < 1.29 is 0 Å². The van der Waals surface area contributed by atoms with Crippen LogP contribution in [0.2, 0.25) is 0 Å². The zero-order valence-corrected chi connectivity index (χ0v) is 6.31. The van der Waals surface area contributed by atoms with Crippen LogP contribution in [-0.2, 0) is 6.54 Å². The van der Waals surface area contributed by atoms with Crippen LogP contribution in [0.5, 0.6) is 0 Å². The van der Waals surface area contributed by atoms with Crippen molar-refractivity contribution in [3.05, 3.63) is 24.3 Å². The van der Waals surface area contributed by atoms with E-state index in [0.29, 0.717) is 0 Å². The van der Waals surface area contributed by atoms with Gasteiger partial charge >= 0.3 is 0 Å². The van der Waals surface area contributed by atoms with Crippen LogP contribution in [0.25, 0.3) is 11.0 Å². The summed E-state index contributed by atoms with van der Waals surface area (Å²) in [5, 5.41) is 16.6. The number of hydrogen-bond donors (Lipinski definition) is 0. The van der Waals surface area contributed by atoms with Gasteiger partial charge in [-0.2, -0.15) is 20.3 Å². The van der Waals surface area contributed by atoms with E-state index >= 15 is 0 Å². The number of hydrogen-bond acceptors (Lipinski definition) is 3. The van der Waals surface area contributed by atoms with E-state index in [1.54, 1.807) is 0 Å². The molecule has 2 rings (SSSR count). The summed E-state index contributed by atoms with van der Waals surface area (Å²) in [6.07, 6.45) is 0. The maximum Gasteiger partial charge on any atom is 0.147 e. The Hall–Kier alpha value is -1.89. The third-order valence-corrected chi connectivity index (χ3v) is 1.54. The van der Waals surface area contributed by atoms with E-state index in [1.165, 1.54) is 4.80 Å². The minimum atomic E-state index is 0.203. The van der Waals surface area contributed by atoms with Gasteiger partial charge in [0.25, 0.3) is 0 Å². The normalized spacial score (nSPS) is 9.92. The molecule has 0 unspecified atom stereocenters. The Bertz CT molecular complexity index is 404. The van der Waals surface area contributed by atoms with Gasteiger partial charge in [0.1, 0.15) is 17.6 Å². The molecular weight excluding hydrogens is 152 g/mol. The van der Waals surface area contributed by atoms with E-state index in [-0.39, 0.29) is 6.54 Å². The van der Waals surface area contributed by atoms with E-state index in [0.717, 1.165) is 11.0 Å². The highest BCUT2D eigenvalue weighted by Crippen LogP contribution is 2.06. The Morgan fingerprint density at radius 3 is 2.33 bits per heavy atom. The lowest BCUT2D eigenvalue weighted by Gasteiger charge is -1.84. The van der Waals surface area contributed by atoms with Crippen LogP contribution < -0.4 is 0 Å². The summed E-state index contributed by atoms with van der Waals surface area (Å²) < 4.78 is 0. The molecule has 0 amide bonds. The zero-order valence-electron chi connectivity index (χ0n) is 6.31. The Morgan fingerprint density at radius 1 is 1.25 bits per heavy atom. The highest BCUT2D eigenvalue weighted by Gasteiger charge is 1.98. The van der Waals surface area contributed by atoms with Gasteiger partial charge in [-0.1, -0.05) is 12.1 Å². The molecule has 0 saturated carbocycles. The van der Waals surface area contributed by atoms with E-state index in [9.17, 15) is 0 Å². The van der Waals surface area contributed by atoms with Gasteiger partial charge in [0.2, 0.25) is 0 Å². The van der Waals surface area contributed by atoms with Crippen molar-refractivity contribution in [3.8, 4) is 6.07 Å². The summed E-state index contributed by atoms with van der Waals surface area (Å²) in [5.74, 6) is 0. The van der Waals surface area contributed by atoms with Crippen molar-refractivity contribution in [2.24, 2.45) is 0 Å². The quantitative estimate of drug-likeness (QED) is 0.621. The topological polar surface area (TPSA) is 54.5 Å². The molecule has 1 heterocycles. The lowest BCUT2D eigenvalue weighted by atomic mass is 10.3. The van der Waals surface area contributed by atoms with Crippen molar-refractivity contribution in [3.63, 3.8) is 0 Å². The molecular formula is C8H6N4. The van der Waals surface area contributed by atoms with Gasteiger partial charge in [-0.15, -0.1) is 0 Å². The predicted octanol–water partition coefficient (Wildman–Crippen LogP) is 0.955. The first kappa shape index (κ1) is 6.80. The van der Waals surface area contributed by atoms with Crippen molar-refractivity contribution in [2.75, 3.05) is 0 Å². The number of fused-ring (bicyclic) bond motifs is 1. The average molecular weight is 158 g/mol. The van der Waals surface area contributed by atoms with Crippen molar-refractivity contribution in [2.45, 2.75) is 6.54 Å². The van der Waals surface area contributed by atoms with E-state index < -0.39 is 0 Å². The third-order valence-electron chi connectivity index (χ3n) is 1.54. The molecule has 0 atom stereocenters. The minimum absolute atomic E-state index is 0.203. The summed E-state index contributed by atoms with van der Waals surface area (Å²) in [6.45, 7) is 0.203. The van der Waals surface area contributed by atoms with Gasteiger partial charge in [-0.25, -0.2) is 0 Å². The molecule has 0 spiro atoms. The number of nitrogens with zero attached hydrogens (tertiary/aromatic N) is 4. The fourth-order valence-electron chi connectivity index (χ4n) is 1.04. The number of benzene rings is 1. The van der Waals surface area contributed by atoms with Gasteiger partial charge in [-0.3, -0.25) is 0 Å². The zero-order chi connectivity index (χ0) is 8.39. The van der Waals surface area contributed by atoms with E-state index in [2.05, 4.69) is 10.2 Å². The van der Waals surface area contributed by atoms with Crippen LogP contribution in [0.4, 0.5) is 0 Å². The van der Waals surface area contributed by atoms with Gasteiger partial charge in [0, 0.05) is 0 Å². The molecule has 0 radical (unpaired) electrons. The Labute approximate surface area is 69.0 Å². The number of nitriles is 1. The van der Waals surface area contributed by atoms with Gasteiger partial charge in [0.15, 0.2) is 0 Å². The van der Waals surface area contributed by atoms with Gasteiger partial charge in [0.05, 0.1) is 6.07 Å². The summed E-state index contributed by atoms with van der Waals surface area (Å²) in [4.78, 5) is 1.39. The Morgan fingerprint density at radius 2 is 1.83 bits per heavy atom. The highest BCUT2D eigenvalue weighted by molar-refractivity contribution is 5.72. The summed E-state index contributed by atoms with van der Waals surface area (Å²) in [7, 11) is 0. The fraction of sp³-hybridized carbons (Fsp3) is 0.125. The first-order valence-corrected chi connectivity index (χ1v) is 3.57. The molecule has 0 aliphatic rings. The van der Waals surface area contributed by atoms with Crippen molar-refractivity contribution >= 4 is 11.0 Å². The molecule has 0 saturated heterocycles. The molecule has 12 heavy (non-hydrogen) atoms. The third kappa shape index (κ3) is 1.01. The molecule has 58 valence electrons. The van der Waals surface area contributed by atoms with Crippen LogP contribution in [0.15, 0.2) is 24.3 Å². The van der Waals surface area contributed by atoms with Crippen LogP contribution >= 0.6 is 0 Å². The molecule has 0 aliphatic heterocycles. The number of aromatic nitrogens is 3. The monoisotopic (exact) mass is 158 g/mol. The second-order valence-corrected chi connectivity index (χ2v) is 2.38. The molecule has 2 aromatic rings. The lowest BCUT2D eigenvalue weighted by molar-refractivity contribution is 0.618. The molecule has 0 bridgehead atoms. The van der Waals surface area contributed by atoms with Gasteiger partial charge in [-0.05, 0) is 12.1 Å². The largest absolute Gasteiger partial charge is 0.196 e. The number of rotatable bonds is 1. The van der Waals surface area contributed by atoms with E-state index in [1.807, 2.05) is 30.3 Å². The molecule has 1 aromatic heterocycles. The standard InChI is InChI=1S/C8H6N4/c9-5-6-12-10-7-3-1-2-4-8(7)11-12/h1-4H,6H2. The van der Waals surface area contributed by atoms with Gasteiger partial charge < -0.3 is 0 Å². The van der Waals surface area contributed by atoms with Crippen LogP contribution in [-0.4, -0.2) is 15.0 Å². The average Bonchev–Trinajstić information content (AvgIpc) is 2.47. The van der Waals surface area contributed by atoms with E-state index in [4.69, 9.17) is 5.26 Å². The molecule has 4 heteroatoms. The van der Waals surface area contributed by atoms with Crippen LogP contribution in [0.1, 0.15) is 0 Å². The maximum atomic E-state index is 8.39. The van der Waals surface area contributed by atoms with Crippen LogP contribution in [0, 0.1) is 11.3 Å². The Balaban J connectivity index is 2.56. The molecule has 0 aliphatic carbocycles. The molecule has 4 nitrogen and oxygen atoms in total. The molecule has 0 fully saturated rings. The molecule has 0 N–H and O–H groups in total. The minimum Gasteiger partial charge on any atom is -0.196 e. The fourth-order valence-corrected chi connectivity index (χ4v) is 1.04. The summed E-state index contributed by atoms with van der Waals surface area (Å²) >= 11 is 0. The van der Waals surface area contributed by atoms with Crippen molar-refractivity contribution in [1.82, 2.24) is 15.0 Å². The second-order valence-electron chi connectivity index (χ2n) is 2.38. The Kier molecular flexibility index (Phi) is 1.49.